The third-order valence-electron chi connectivity index (χ3n) is 5.96. The van der Waals surface area contributed by atoms with E-state index in [2.05, 4.69) is 26.5 Å². The van der Waals surface area contributed by atoms with E-state index in [0.717, 1.165) is 31.3 Å². The molecule has 0 spiro atoms. The quantitative estimate of drug-likeness (QED) is 0.449. The van der Waals surface area contributed by atoms with Gasteiger partial charge in [-0.15, -0.1) is 5.10 Å². The topological polar surface area (TPSA) is 111 Å². The van der Waals surface area contributed by atoms with Crippen LogP contribution in [0.3, 0.4) is 0 Å². The predicted molar refractivity (Wildman–Crippen MR) is 132 cm³/mol. The highest BCUT2D eigenvalue weighted by molar-refractivity contribution is 5.92. The van der Waals surface area contributed by atoms with Crippen molar-refractivity contribution in [2.45, 2.75) is 25.1 Å². The minimum atomic E-state index is -4.53. The van der Waals surface area contributed by atoms with Crippen molar-refractivity contribution in [2.75, 3.05) is 11.4 Å². The van der Waals surface area contributed by atoms with E-state index >= 15 is 0 Å². The lowest BCUT2D eigenvalue weighted by molar-refractivity contribution is -0.0690. The van der Waals surface area contributed by atoms with Gasteiger partial charge in [-0.2, -0.15) is 13.2 Å². The van der Waals surface area contributed by atoms with Crippen molar-refractivity contribution in [1.29, 1.82) is 0 Å². The average molecular weight is 512 g/mol. The van der Waals surface area contributed by atoms with Gasteiger partial charge in [0.05, 0.1) is 29.2 Å². The number of carbonyl (C=O) groups excluding carboxylic acids is 1. The number of carbonyl (C=O) groups is 1. The van der Waals surface area contributed by atoms with Crippen LogP contribution in [0, 0.1) is 0 Å². The number of alkyl halides is 3. The van der Waals surface area contributed by atoms with E-state index in [1.54, 1.807) is 37.6 Å². The van der Waals surface area contributed by atoms with Crippen LogP contribution in [0.1, 0.15) is 40.6 Å². The molecule has 1 aliphatic heterocycles. The number of pyridine rings is 2. The molecule has 5 rings (SSSR count). The molecule has 4 aromatic heterocycles. The van der Waals surface area contributed by atoms with Gasteiger partial charge in [-0.05, 0) is 49.2 Å². The van der Waals surface area contributed by atoms with E-state index in [-0.39, 0.29) is 22.9 Å². The number of nitrogens with zero attached hydrogens (tertiary/aromatic N) is 6. The third kappa shape index (κ3) is 5.37. The lowest BCUT2D eigenvalue weighted by Crippen LogP contribution is -2.27. The summed E-state index contributed by atoms with van der Waals surface area (Å²) in [5.41, 5.74) is 4.76. The minimum absolute atomic E-state index is 0.0231. The Kier molecular flexibility index (Phi) is 7.09. The molecule has 1 atom stereocenters. The maximum Gasteiger partial charge on any atom is 0.417 e. The van der Waals surface area contributed by atoms with Gasteiger partial charge >= 0.3 is 6.18 Å². The van der Waals surface area contributed by atoms with Crippen LogP contribution in [0.5, 0.6) is 0 Å². The standard InChI is InChI=1S/C18H16F3N5.C7H8N2O2/c1-12(18(19,20)21)15-11-23-16-7-8-17(24-26(15)16)25-10-4-6-14(25)13-5-2-3-9-22-13;1-9-4-2-3-5(6(8)10)7(9)11/h2-3,5,7-9,11,14H,1,4,6,10H2;2-4H,1H3,(H2,8,10)/t14-;/m1./s1. The van der Waals surface area contributed by atoms with Crippen molar-refractivity contribution in [3.05, 3.63) is 94.9 Å². The summed E-state index contributed by atoms with van der Waals surface area (Å²) >= 11 is 0. The number of fused-ring (bicyclic) bond motifs is 1. The predicted octanol–water partition coefficient (Wildman–Crippen LogP) is 3.53. The van der Waals surface area contributed by atoms with Crippen LogP contribution >= 0.6 is 0 Å². The van der Waals surface area contributed by atoms with Crippen LogP contribution in [-0.2, 0) is 7.05 Å². The van der Waals surface area contributed by atoms with Gasteiger partial charge in [0.1, 0.15) is 11.4 Å². The van der Waals surface area contributed by atoms with E-state index in [9.17, 15) is 22.8 Å². The second-order valence-electron chi connectivity index (χ2n) is 8.39. The Morgan fingerprint density at radius 1 is 1.14 bits per heavy atom. The highest BCUT2D eigenvalue weighted by atomic mass is 19.4. The largest absolute Gasteiger partial charge is 0.417 e. The van der Waals surface area contributed by atoms with Gasteiger partial charge in [0, 0.05) is 26.0 Å². The van der Waals surface area contributed by atoms with Crippen LogP contribution in [-0.4, -0.2) is 42.8 Å². The summed E-state index contributed by atoms with van der Waals surface area (Å²) in [7, 11) is 1.56. The highest BCUT2D eigenvalue weighted by Crippen LogP contribution is 2.35. The number of amides is 1. The molecule has 9 nitrogen and oxygen atoms in total. The highest BCUT2D eigenvalue weighted by Gasteiger charge is 2.35. The lowest BCUT2D eigenvalue weighted by Gasteiger charge is -2.25. The molecule has 1 amide bonds. The molecule has 0 saturated carbocycles. The third-order valence-corrected chi connectivity index (χ3v) is 5.96. The van der Waals surface area contributed by atoms with E-state index in [1.807, 2.05) is 18.2 Å². The summed E-state index contributed by atoms with van der Waals surface area (Å²) < 4.78 is 41.6. The van der Waals surface area contributed by atoms with Gasteiger partial charge in [-0.1, -0.05) is 12.6 Å². The number of allylic oxidation sites excluding steroid dienone is 1. The zero-order valence-corrected chi connectivity index (χ0v) is 19.9. The number of imidazole rings is 1. The zero-order chi connectivity index (χ0) is 26.7. The summed E-state index contributed by atoms with van der Waals surface area (Å²) in [5, 5.41) is 4.42. The number of nitrogens with two attached hydrogens (primary N) is 1. The van der Waals surface area contributed by atoms with Gasteiger partial charge in [0.2, 0.25) is 0 Å². The molecular weight excluding hydrogens is 487 g/mol. The molecule has 0 aromatic carbocycles. The fourth-order valence-electron chi connectivity index (χ4n) is 4.07. The molecule has 1 saturated heterocycles. The Morgan fingerprint density at radius 3 is 2.57 bits per heavy atom. The fourth-order valence-corrected chi connectivity index (χ4v) is 4.07. The number of hydrogen-bond donors (Lipinski definition) is 1. The second kappa shape index (κ2) is 10.2. The Hall–Kier alpha value is -4.48. The van der Waals surface area contributed by atoms with Crippen molar-refractivity contribution in [3.63, 3.8) is 0 Å². The number of rotatable bonds is 4. The van der Waals surface area contributed by atoms with Crippen LogP contribution in [0.4, 0.5) is 19.0 Å². The van der Waals surface area contributed by atoms with Crippen LogP contribution in [0.15, 0.2) is 72.4 Å². The fraction of sp³-hybridized carbons (Fsp3) is 0.240. The van der Waals surface area contributed by atoms with Gasteiger partial charge in [0.15, 0.2) is 5.65 Å². The first-order valence-electron chi connectivity index (χ1n) is 11.3. The molecule has 0 bridgehead atoms. The minimum Gasteiger partial charge on any atom is -0.365 e. The molecule has 2 N–H and O–H groups in total. The SMILES string of the molecule is C=C(c1cnc2ccc(N3CCC[C@@H]3c3ccccn3)nn12)C(F)(F)F.Cn1cccc(C(N)=O)c1=O. The monoisotopic (exact) mass is 511 g/mol. The first-order chi connectivity index (χ1) is 17.6. The smallest absolute Gasteiger partial charge is 0.365 e. The van der Waals surface area contributed by atoms with Crippen LogP contribution < -0.4 is 16.2 Å². The maximum atomic E-state index is 13.0. The first kappa shape index (κ1) is 25.6. The lowest BCUT2D eigenvalue weighted by atomic mass is 10.1. The maximum absolute atomic E-state index is 13.0. The number of halogens is 3. The Bertz CT molecular complexity index is 1500. The van der Waals surface area contributed by atoms with Crippen LogP contribution in [0.25, 0.3) is 11.2 Å². The zero-order valence-electron chi connectivity index (χ0n) is 19.9. The van der Waals surface area contributed by atoms with Gasteiger partial charge in [-0.3, -0.25) is 14.6 Å². The van der Waals surface area contributed by atoms with E-state index in [1.165, 1.54) is 15.1 Å². The van der Waals surface area contributed by atoms with E-state index in [4.69, 9.17) is 5.73 Å². The molecule has 1 aliphatic rings. The van der Waals surface area contributed by atoms with Crippen molar-refractivity contribution >= 4 is 22.9 Å². The summed E-state index contributed by atoms with van der Waals surface area (Å²) in [6.45, 7) is 3.93. The molecular formula is C25H24F3N7O2. The molecule has 1 fully saturated rings. The van der Waals surface area contributed by atoms with Crippen molar-refractivity contribution in [2.24, 2.45) is 12.8 Å². The summed E-state index contributed by atoms with van der Waals surface area (Å²) in [6, 6.07) is 12.2. The molecule has 0 aliphatic carbocycles. The second-order valence-corrected chi connectivity index (χ2v) is 8.39. The number of primary amides is 1. The normalized spacial score (nSPS) is 15.4. The first-order valence-corrected chi connectivity index (χ1v) is 11.3. The van der Waals surface area contributed by atoms with Crippen LogP contribution in [0.2, 0.25) is 0 Å². The summed E-state index contributed by atoms with van der Waals surface area (Å²) in [4.78, 5) is 32.1. The van der Waals surface area contributed by atoms with Gasteiger partial charge in [-0.25, -0.2) is 9.50 Å². The molecule has 5 heterocycles. The number of aryl methyl sites for hydroxylation is 1. The van der Waals surface area contributed by atoms with Crippen molar-refractivity contribution in [1.82, 2.24) is 24.1 Å². The molecule has 0 unspecified atom stereocenters. The average Bonchev–Trinajstić information content (AvgIpc) is 3.52. The number of anilines is 1. The van der Waals surface area contributed by atoms with E-state index < -0.39 is 17.7 Å². The summed E-state index contributed by atoms with van der Waals surface area (Å²) in [6.07, 6.45) is 1.81. The molecule has 0 radical (unpaired) electrons. The van der Waals surface area contributed by atoms with Gasteiger partial charge in [0.25, 0.3) is 11.5 Å². The Morgan fingerprint density at radius 2 is 1.92 bits per heavy atom. The Labute approximate surface area is 209 Å². The van der Waals surface area contributed by atoms with Gasteiger partial charge < -0.3 is 15.2 Å². The van der Waals surface area contributed by atoms with Crippen molar-refractivity contribution in [3.8, 4) is 0 Å². The Balaban J connectivity index is 0.000000245. The summed E-state index contributed by atoms with van der Waals surface area (Å²) in [5.74, 6) is -0.0916. The van der Waals surface area contributed by atoms with Crippen molar-refractivity contribution < 1.29 is 18.0 Å². The molecule has 4 aromatic rings. The number of hydrogen-bond acceptors (Lipinski definition) is 6. The molecule has 12 heteroatoms. The number of aromatic nitrogens is 5. The van der Waals surface area contributed by atoms with E-state index in [0.29, 0.717) is 11.5 Å². The molecule has 192 valence electrons. The molecule has 37 heavy (non-hydrogen) atoms.